The highest BCUT2D eigenvalue weighted by Gasteiger charge is 2.35. The van der Waals surface area contributed by atoms with Crippen LogP contribution in [0.25, 0.3) is 0 Å². The zero-order chi connectivity index (χ0) is 26.3. The van der Waals surface area contributed by atoms with E-state index in [1.165, 1.54) is 13.2 Å². The summed E-state index contributed by atoms with van der Waals surface area (Å²) in [7, 11) is -2.34. The highest BCUT2D eigenvalue weighted by atomic mass is 32.2. The van der Waals surface area contributed by atoms with E-state index in [4.69, 9.17) is 0 Å². The molecule has 3 heterocycles. The smallest absolute Gasteiger partial charge is 0.365 e. The van der Waals surface area contributed by atoms with Gasteiger partial charge >= 0.3 is 6.18 Å². The molecule has 0 atom stereocenters. The molecule has 1 aliphatic rings. The summed E-state index contributed by atoms with van der Waals surface area (Å²) in [5.74, 6) is -0.658. The molecule has 0 radical (unpaired) electrons. The Morgan fingerprint density at radius 3 is 2.61 bits per heavy atom. The van der Waals surface area contributed by atoms with Gasteiger partial charge in [0, 0.05) is 42.9 Å². The summed E-state index contributed by atoms with van der Waals surface area (Å²) in [6.45, 7) is 1.55. The topological polar surface area (TPSA) is 129 Å². The highest BCUT2D eigenvalue weighted by Crippen LogP contribution is 2.35. The van der Waals surface area contributed by atoms with Crippen LogP contribution in [0, 0.1) is 6.92 Å². The fourth-order valence-corrected chi connectivity index (χ4v) is 4.07. The number of fused-ring (bicyclic) bond motifs is 1. The third kappa shape index (κ3) is 5.48. The molecule has 0 bridgehead atoms. The van der Waals surface area contributed by atoms with Gasteiger partial charge in [-0.25, -0.2) is 18.4 Å². The van der Waals surface area contributed by atoms with Crippen molar-refractivity contribution in [2.75, 3.05) is 33.6 Å². The number of hydrogen-bond acceptors (Lipinski definition) is 8. The minimum atomic E-state index is -4.74. The van der Waals surface area contributed by atoms with Crippen molar-refractivity contribution in [1.82, 2.24) is 15.0 Å². The van der Waals surface area contributed by atoms with Crippen LogP contribution in [0.4, 0.5) is 42.1 Å². The molecule has 0 saturated carbocycles. The molecule has 14 heteroatoms. The van der Waals surface area contributed by atoms with E-state index in [2.05, 4.69) is 30.9 Å². The Morgan fingerprint density at radius 2 is 1.92 bits per heavy atom. The van der Waals surface area contributed by atoms with Crippen molar-refractivity contribution < 1.29 is 26.4 Å². The van der Waals surface area contributed by atoms with Crippen molar-refractivity contribution in [3.8, 4) is 0 Å². The Balaban J connectivity index is 1.63. The molecule has 3 N–H and O–H groups in total. The predicted octanol–water partition coefficient (Wildman–Crippen LogP) is 3.44. The Morgan fingerprint density at radius 1 is 1.17 bits per heavy atom. The molecule has 36 heavy (non-hydrogen) atoms. The number of aromatic nitrogens is 3. The summed E-state index contributed by atoms with van der Waals surface area (Å²) in [6, 6.07) is 6.64. The number of sulfonamides is 1. The lowest BCUT2D eigenvalue weighted by molar-refractivity contribution is -0.137. The summed E-state index contributed by atoms with van der Waals surface area (Å²) >= 11 is 0. The fraction of sp³-hybridized carbons (Fsp3) is 0.273. The van der Waals surface area contributed by atoms with Crippen molar-refractivity contribution >= 4 is 44.9 Å². The molecule has 190 valence electrons. The highest BCUT2D eigenvalue weighted by molar-refractivity contribution is 7.92. The molecular weight excluding hydrogens is 499 g/mol. The Hall–Kier alpha value is -3.94. The first-order valence-electron chi connectivity index (χ1n) is 10.6. The molecule has 0 saturated heterocycles. The van der Waals surface area contributed by atoms with E-state index in [1.54, 1.807) is 31.2 Å². The van der Waals surface area contributed by atoms with Gasteiger partial charge in [-0.1, -0.05) is 0 Å². The maximum atomic E-state index is 13.7. The maximum absolute atomic E-state index is 13.7. The van der Waals surface area contributed by atoms with Gasteiger partial charge < -0.3 is 16.0 Å². The van der Waals surface area contributed by atoms with Gasteiger partial charge in [0.1, 0.15) is 17.2 Å². The van der Waals surface area contributed by atoms with Crippen molar-refractivity contribution in [2.45, 2.75) is 26.1 Å². The number of benzene rings is 1. The lowest BCUT2D eigenvalue weighted by Crippen LogP contribution is -2.27. The summed E-state index contributed by atoms with van der Waals surface area (Å²) in [4.78, 5) is 23.5. The molecule has 0 spiro atoms. The Labute approximate surface area is 205 Å². The van der Waals surface area contributed by atoms with Gasteiger partial charge in [-0.15, -0.1) is 0 Å². The van der Waals surface area contributed by atoms with Gasteiger partial charge in [0.05, 0.1) is 12.7 Å². The summed E-state index contributed by atoms with van der Waals surface area (Å²) in [5.41, 5.74) is 1.88. The third-order valence-electron chi connectivity index (χ3n) is 5.40. The molecular formula is C22H22F3N7O3S. The number of carbonyl (C=O) groups excluding carboxylic acids is 1. The van der Waals surface area contributed by atoms with E-state index >= 15 is 0 Å². The molecule has 1 aromatic carbocycles. The van der Waals surface area contributed by atoms with E-state index in [0.717, 1.165) is 16.1 Å². The normalized spacial score (nSPS) is 13.2. The van der Waals surface area contributed by atoms with Crippen LogP contribution in [-0.4, -0.2) is 42.6 Å². The first kappa shape index (κ1) is 25.2. The number of anilines is 5. The summed E-state index contributed by atoms with van der Waals surface area (Å²) < 4.78 is 66.0. The monoisotopic (exact) mass is 521 g/mol. The second kappa shape index (κ2) is 9.26. The molecule has 1 aliphatic heterocycles. The van der Waals surface area contributed by atoms with E-state index in [-0.39, 0.29) is 30.6 Å². The Bertz CT molecular complexity index is 1450. The standard InChI is InChI=1S/C22H22F3N7O3S/c1-12-6-14(20(27-9-12)32(2)36(3,34)35)10-26-19-16(22(23,24)25)11-28-21(31-19)29-15-4-5-17-13(7-15)8-18(33)30-17/h4-7,9,11H,8,10H2,1-3H3,(H,30,33)(H2,26,28,29,31). The number of rotatable bonds is 7. The summed E-state index contributed by atoms with van der Waals surface area (Å²) in [6.07, 6.45) is -1.42. The number of amides is 1. The van der Waals surface area contributed by atoms with Crippen molar-refractivity contribution in [2.24, 2.45) is 0 Å². The van der Waals surface area contributed by atoms with Crippen LogP contribution in [0.2, 0.25) is 0 Å². The van der Waals surface area contributed by atoms with Crippen LogP contribution < -0.4 is 20.3 Å². The number of carbonyl (C=O) groups is 1. The number of alkyl halides is 3. The number of pyridine rings is 1. The zero-order valence-electron chi connectivity index (χ0n) is 19.4. The van der Waals surface area contributed by atoms with Gasteiger partial charge in [0.15, 0.2) is 0 Å². The maximum Gasteiger partial charge on any atom is 0.421 e. The average molecular weight is 522 g/mol. The van der Waals surface area contributed by atoms with Crippen molar-refractivity contribution in [1.29, 1.82) is 0 Å². The van der Waals surface area contributed by atoms with Crippen LogP contribution in [0.1, 0.15) is 22.3 Å². The summed E-state index contributed by atoms with van der Waals surface area (Å²) in [5, 5.41) is 8.21. The van der Waals surface area contributed by atoms with Crippen LogP contribution in [0.5, 0.6) is 0 Å². The van der Waals surface area contributed by atoms with E-state index in [9.17, 15) is 26.4 Å². The minimum absolute atomic E-state index is 0.0814. The molecule has 1 amide bonds. The molecule has 10 nitrogen and oxygen atoms in total. The number of halogens is 3. The quantitative estimate of drug-likeness (QED) is 0.431. The minimum Gasteiger partial charge on any atom is -0.365 e. The predicted molar refractivity (Wildman–Crippen MR) is 129 cm³/mol. The van der Waals surface area contributed by atoms with Gasteiger partial charge in [-0.05, 0) is 42.3 Å². The number of hydrogen-bond donors (Lipinski definition) is 3. The molecule has 3 aromatic rings. The van der Waals surface area contributed by atoms with Gasteiger partial charge in [0.25, 0.3) is 0 Å². The lowest BCUT2D eigenvalue weighted by Gasteiger charge is -2.20. The number of nitrogens with zero attached hydrogens (tertiary/aromatic N) is 4. The third-order valence-corrected chi connectivity index (χ3v) is 6.57. The van der Waals surface area contributed by atoms with Gasteiger partial charge in [-0.3, -0.25) is 9.10 Å². The first-order chi connectivity index (χ1) is 16.8. The fourth-order valence-electron chi connectivity index (χ4n) is 3.59. The van der Waals surface area contributed by atoms with Crippen LogP contribution >= 0.6 is 0 Å². The Kier molecular flexibility index (Phi) is 6.47. The molecule has 2 aromatic heterocycles. The lowest BCUT2D eigenvalue weighted by atomic mass is 10.1. The van der Waals surface area contributed by atoms with Crippen LogP contribution in [0.15, 0.2) is 36.7 Å². The van der Waals surface area contributed by atoms with E-state index in [0.29, 0.717) is 28.7 Å². The number of aryl methyl sites for hydroxylation is 1. The molecule has 0 unspecified atom stereocenters. The van der Waals surface area contributed by atoms with Gasteiger partial charge in [0.2, 0.25) is 21.9 Å². The van der Waals surface area contributed by atoms with Crippen LogP contribution in [0.3, 0.4) is 0 Å². The van der Waals surface area contributed by atoms with E-state index in [1.807, 2.05) is 0 Å². The number of nitrogens with one attached hydrogen (secondary N) is 3. The SMILES string of the molecule is Cc1cnc(N(C)S(C)(=O)=O)c(CNc2nc(Nc3ccc4c(c3)CC(=O)N4)ncc2C(F)(F)F)c1. The second-order valence-electron chi connectivity index (χ2n) is 8.25. The average Bonchev–Trinajstić information content (AvgIpc) is 3.15. The first-order valence-corrected chi connectivity index (χ1v) is 12.4. The largest absolute Gasteiger partial charge is 0.421 e. The molecule has 4 rings (SSSR count). The molecule has 0 aliphatic carbocycles. The van der Waals surface area contributed by atoms with Crippen molar-refractivity contribution in [3.05, 3.63) is 58.9 Å². The van der Waals surface area contributed by atoms with Crippen LogP contribution in [-0.2, 0) is 34.0 Å². The van der Waals surface area contributed by atoms with Crippen molar-refractivity contribution in [3.63, 3.8) is 0 Å². The van der Waals surface area contributed by atoms with E-state index < -0.39 is 27.6 Å². The second-order valence-corrected chi connectivity index (χ2v) is 10.3. The zero-order valence-corrected chi connectivity index (χ0v) is 20.3. The molecule has 0 fully saturated rings. The van der Waals surface area contributed by atoms with Gasteiger partial charge in [-0.2, -0.15) is 18.2 Å².